The number of fused-ring (bicyclic) bond motifs is 1. The zero-order valence-corrected chi connectivity index (χ0v) is 10.4. The molecule has 6 nitrogen and oxygen atoms in total. The molecule has 0 fully saturated rings. The molecule has 18 heavy (non-hydrogen) atoms. The van der Waals surface area contributed by atoms with E-state index in [2.05, 4.69) is 6.07 Å². The minimum Gasteiger partial charge on any atom is -0.282 e. The summed E-state index contributed by atoms with van der Waals surface area (Å²) in [5.41, 5.74) is 0. The first-order valence-electron chi connectivity index (χ1n) is 4.59. The molecule has 0 unspecified atom stereocenters. The van der Waals surface area contributed by atoms with Crippen LogP contribution < -0.4 is 0 Å². The van der Waals surface area contributed by atoms with Gasteiger partial charge in [-0.15, -0.1) is 0 Å². The van der Waals surface area contributed by atoms with Crippen LogP contribution in [0.2, 0.25) is 0 Å². The summed E-state index contributed by atoms with van der Waals surface area (Å²) in [6, 6.07) is 8.98. The first kappa shape index (κ1) is 13.0. The quantitative estimate of drug-likeness (QED) is 0.801. The molecule has 0 spiro atoms. The summed E-state index contributed by atoms with van der Waals surface area (Å²) in [6.07, 6.45) is 0. The van der Waals surface area contributed by atoms with Crippen LogP contribution in [0.15, 0.2) is 40.1 Å². The molecule has 0 saturated heterocycles. The Labute approximate surface area is 103 Å². The van der Waals surface area contributed by atoms with Gasteiger partial charge in [0, 0.05) is 5.39 Å². The van der Waals surface area contributed by atoms with Gasteiger partial charge in [0.05, 0.1) is 0 Å². The fraction of sp³-hybridized carbons (Fsp3) is 0. The highest BCUT2D eigenvalue weighted by atomic mass is 32.2. The smallest absolute Gasteiger partial charge is 0.282 e. The van der Waals surface area contributed by atoms with E-state index in [0.29, 0.717) is 5.39 Å². The Kier molecular flexibility index (Phi) is 2.90. The highest BCUT2D eigenvalue weighted by Crippen LogP contribution is 2.29. The molecular formula is C10H7O6S2. The molecule has 2 aromatic carbocycles. The lowest BCUT2D eigenvalue weighted by atomic mass is 10.1. The van der Waals surface area contributed by atoms with E-state index >= 15 is 0 Å². The Morgan fingerprint density at radius 1 is 0.944 bits per heavy atom. The summed E-state index contributed by atoms with van der Waals surface area (Å²) in [5, 5.41) is 0.365. The van der Waals surface area contributed by atoms with Gasteiger partial charge in [0.1, 0.15) is 9.79 Å². The number of hydrogen-bond donors (Lipinski definition) is 2. The Morgan fingerprint density at radius 3 is 2.17 bits per heavy atom. The predicted octanol–water partition coefficient (Wildman–Crippen LogP) is 1.13. The SMILES string of the molecule is O=S(=O)(O)c1ccc2c[c]ccc2c1S(=O)(=O)O. The van der Waals surface area contributed by atoms with E-state index in [0.717, 1.165) is 6.07 Å². The third-order valence-corrected chi connectivity index (χ3v) is 4.30. The van der Waals surface area contributed by atoms with Crippen molar-refractivity contribution in [3.8, 4) is 0 Å². The fourth-order valence-electron chi connectivity index (χ4n) is 1.63. The average molecular weight is 287 g/mol. The van der Waals surface area contributed by atoms with Crippen molar-refractivity contribution in [1.29, 1.82) is 0 Å². The van der Waals surface area contributed by atoms with Gasteiger partial charge < -0.3 is 0 Å². The molecule has 0 aliphatic heterocycles. The molecule has 0 saturated carbocycles. The van der Waals surface area contributed by atoms with E-state index in [-0.39, 0.29) is 5.39 Å². The topological polar surface area (TPSA) is 109 Å². The van der Waals surface area contributed by atoms with Crippen molar-refractivity contribution < 1.29 is 25.9 Å². The molecule has 8 heteroatoms. The Bertz CT molecular complexity index is 821. The molecule has 0 aliphatic carbocycles. The van der Waals surface area contributed by atoms with Gasteiger partial charge in [-0.2, -0.15) is 16.8 Å². The largest absolute Gasteiger partial charge is 0.296 e. The molecule has 0 heterocycles. The van der Waals surface area contributed by atoms with E-state index in [9.17, 15) is 16.8 Å². The highest BCUT2D eigenvalue weighted by molar-refractivity contribution is 7.89. The molecular weight excluding hydrogens is 280 g/mol. The normalized spacial score (nSPS) is 12.8. The van der Waals surface area contributed by atoms with Crippen molar-refractivity contribution in [2.75, 3.05) is 0 Å². The highest BCUT2D eigenvalue weighted by Gasteiger charge is 2.26. The molecule has 0 bridgehead atoms. The van der Waals surface area contributed by atoms with Gasteiger partial charge in [0.15, 0.2) is 0 Å². The molecule has 2 aromatic rings. The first-order valence-corrected chi connectivity index (χ1v) is 7.47. The molecule has 1 radical (unpaired) electrons. The maximum Gasteiger partial charge on any atom is 0.296 e. The van der Waals surface area contributed by atoms with E-state index < -0.39 is 30.0 Å². The fourth-order valence-corrected chi connectivity index (χ4v) is 3.63. The van der Waals surface area contributed by atoms with Gasteiger partial charge in [-0.05, 0) is 23.6 Å². The molecule has 0 atom stereocenters. The van der Waals surface area contributed by atoms with Crippen LogP contribution in [-0.2, 0) is 20.2 Å². The third-order valence-electron chi connectivity index (χ3n) is 2.31. The van der Waals surface area contributed by atoms with Gasteiger partial charge in [-0.1, -0.05) is 18.2 Å². The minimum atomic E-state index is -4.80. The van der Waals surface area contributed by atoms with Gasteiger partial charge in [-0.25, -0.2) is 0 Å². The number of rotatable bonds is 2. The summed E-state index contributed by atoms with van der Waals surface area (Å²) in [6.45, 7) is 0. The standard InChI is InChI=1S/C10H7O6S2/c11-17(12,13)9-6-5-7-3-1-2-4-8(7)10(9)18(14,15)16/h2-6H,(H,11,12,13)(H,14,15,16). The second-order valence-corrected chi connectivity index (χ2v) is 6.24. The lowest BCUT2D eigenvalue weighted by molar-refractivity contribution is 0.467. The predicted molar refractivity (Wildman–Crippen MR) is 62.4 cm³/mol. The van der Waals surface area contributed by atoms with Crippen LogP contribution in [0.5, 0.6) is 0 Å². The Balaban J connectivity index is 3.08. The van der Waals surface area contributed by atoms with Crippen LogP contribution in [0.3, 0.4) is 0 Å². The van der Waals surface area contributed by atoms with Crippen LogP contribution in [-0.4, -0.2) is 25.9 Å². The van der Waals surface area contributed by atoms with E-state index in [1.54, 1.807) is 0 Å². The van der Waals surface area contributed by atoms with Crippen LogP contribution in [0.4, 0.5) is 0 Å². The summed E-state index contributed by atoms with van der Waals surface area (Å²) in [5.74, 6) is 0. The van der Waals surface area contributed by atoms with Crippen molar-refractivity contribution >= 4 is 31.0 Å². The van der Waals surface area contributed by atoms with Crippen molar-refractivity contribution in [2.45, 2.75) is 9.79 Å². The minimum absolute atomic E-state index is 0.00799. The van der Waals surface area contributed by atoms with Crippen molar-refractivity contribution in [3.05, 3.63) is 36.4 Å². The summed E-state index contributed by atoms with van der Waals surface area (Å²) in [7, 11) is -9.55. The average Bonchev–Trinajstić information content (AvgIpc) is 2.24. The monoisotopic (exact) mass is 287 g/mol. The van der Waals surface area contributed by atoms with Crippen molar-refractivity contribution in [1.82, 2.24) is 0 Å². The van der Waals surface area contributed by atoms with E-state index in [1.165, 1.54) is 24.3 Å². The lowest BCUT2D eigenvalue weighted by Crippen LogP contribution is -2.09. The maximum absolute atomic E-state index is 11.3. The van der Waals surface area contributed by atoms with Crippen LogP contribution in [0, 0.1) is 6.07 Å². The first-order chi connectivity index (χ1) is 8.21. The lowest BCUT2D eigenvalue weighted by Gasteiger charge is -2.08. The third kappa shape index (κ3) is 2.23. The summed E-state index contributed by atoms with van der Waals surface area (Å²) < 4.78 is 62.9. The molecule has 2 rings (SSSR count). The van der Waals surface area contributed by atoms with E-state index in [1.807, 2.05) is 0 Å². The summed E-state index contributed by atoms with van der Waals surface area (Å²) in [4.78, 5) is -1.69. The zero-order valence-electron chi connectivity index (χ0n) is 8.73. The van der Waals surface area contributed by atoms with E-state index in [4.69, 9.17) is 9.11 Å². The molecule has 2 N–H and O–H groups in total. The second kappa shape index (κ2) is 4.02. The van der Waals surface area contributed by atoms with Gasteiger partial charge in [0.2, 0.25) is 0 Å². The maximum atomic E-state index is 11.3. The van der Waals surface area contributed by atoms with Crippen LogP contribution in [0.1, 0.15) is 0 Å². The van der Waals surface area contributed by atoms with Gasteiger partial charge in [0.25, 0.3) is 20.2 Å². The molecule has 95 valence electrons. The van der Waals surface area contributed by atoms with Crippen LogP contribution in [0.25, 0.3) is 10.8 Å². The Hall–Kier alpha value is -1.48. The van der Waals surface area contributed by atoms with Gasteiger partial charge in [-0.3, -0.25) is 9.11 Å². The second-order valence-electron chi connectivity index (χ2n) is 3.49. The van der Waals surface area contributed by atoms with Gasteiger partial charge >= 0.3 is 0 Å². The molecule has 0 aliphatic rings. The number of benzene rings is 2. The van der Waals surface area contributed by atoms with Crippen molar-refractivity contribution in [3.63, 3.8) is 0 Å². The van der Waals surface area contributed by atoms with Crippen molar-refractivity contribution in [2.24, 2.45) is 0 Å². The Morgan fingerprint density at radius 2 is 1.61 bits per heavy atom. The summed E-state index contributed by atoms with van der Waals surface area (Å²) >= 11 is 0. The molecule has 0 amide bonds. The van der Waals surface area contributed by atoms with Crippen LogP contribution >= 0.6 is 0 Å². The molecule has 0 aromatic heterocycles. The number of hydrogen-bond acceptors (Lipinski definition) is 4. The zero-order chi connectivity index (χ0) is 13.6.